The number of ether oxygens (including phenoxy) is 2. The van der Waals surface area contributed by atoms with Crippen molar-refractivity contribution in [2.45, 2.75) is 18.8 Å². The molecule has 18 heavy (non-hydrogen) atoms. The zero-order chi connectivity index (χ0) is 13.0. The first-order valence-corrected chi connectivity index (χ1v) is 6.75. The molecule has 2 atom stereocenters. The number of aliphatic hydroxyl groups is 1. The Morgan fingerprint density at radius 2 is 2.00 bits per heavy atom. The molecule has 1 aromatic carbocycles. The van der Waals surface area contributed by atoms with Gasteiger partial charge in [0, 0.05) is 3.58 Å². The lowest BCUT2D eigenvalue weighted by atomic mass is 10.1. The van der Waals surface area contributed by atoms with E-state index >= 15 is 0 Å². The van der Waals surface area contributed by atoms with E-state index in [0.717, 1.165) is 14.9 Å². The highest BCUT2D eigenvalue weighted by atomic mass is 127. The van der Waals surface area contributed by atoms with Crippen LogP contribution >= 0.6 is 22.6 Å². The standard InChI is InChI=1S/C14H15IO3/c1-17-11-7-5-10(6-8-11)9-18-14-12(15)3-2-4-13(14)16/h2-8,13-14,16H,9H2,1H3/t13-,14+/m0/s1. The maximum atomic E-state index is 9.82. The molecule has 0 fully saturated rings. The summed E-state index contributed by atoms with van der Waals surface area (Å²) in [5, 5.41) is 9.82. The highest BCUT2D eigenvalue weighted by Crippen LogP contribution is 2.24. The monoisotopic (exact) mass is 358 g/mol. The van der Waals surface area contributed by atoms with Crippen LogP contribution in [0.3, 0.4) is 0 Å². The van der Waals surface area contributed by atoms with Gasteiger partial charge < -0.3 is 14.6 Å². The van der Waals surface area contributed by atoms with E-state index in [0.29, 0.717) is 6.61 Å². The van der Waals surface area contributed by atoms with Gasteiger partial charge in [-0.3, -0.25) is 0 Å². The van der Waals surface area contributed by atoms with E-state index in [4.69, 9.17) is 9.47 Å². The molecule has 0 unspecified atom stereocenters. The van der Waals surface area contributed by atoms with Gasteiger partial charge in [-0.25, -0.2) is 0 Å². The van der Waals surface area contributed by atoms with Gasteiger partial charge in [0.25, 0.3) is 0 Å². The molecule has 2 rings (SSSR count). The summed E-state index contributed by atoms with van der Waals surface area (Å²) < 4.78 is 11.9. The molecule has 1 aliphatic rings. The van der Waals surface area contributed by atoms with Gasteiger partial charge in [-0.15, -0.1) is 0 Å². The number of rotatable bonds is 4. The average molecular weight is 358 g/mol. The zero-order valence-electron chi connectivity index (χ0n) is 10.0. The van der Waals surface area contributed by atoms with Crippen LogP contribution in [0.25, 0.3) is 0 Å². The third-order valence-electron chi connectivity index (χ3n) is 2.73. The van der Waals surface area contributed by atoms with Gasteiger partial charge in [0.1, 0.15) is 18.0 Å². The first kappa shape index (κ1) is 13.6. The molecule has 96 valence electrons. The van der Waals surface area contributed by atoms with E-state index in [1.807, 2.05) is 36.4 Å². The molecule has 3 nitrogen and oxygen atoms in total. The topological polar surface area (TPSA) is 38.7 Å². The van der Waals surface area contributed by atoms with Crippen molar-refractivity contribution in [2.24, 2.45) is 0 Å². The third-order valence-corrected chi connectivity index (χ3v) is 3.71. The number of aliphatic hydroxyl groups excluding tert-OH is 1. The number of benzene rings is 1. The molecular weight excluding hydrogens is 343 g/mol. The average Bonchev–Trinajstić information content (AvgIpc) is 2.39. The summed E-state index contributed by atoms with van der Waals surface area (Å²) in [5.41, 5.74) is 1.06. The number of hydrogen-bond acceptors (Lipinski definition) is 3. The van der Waals surface area contributed by atoms with Crippen molar-refractivity contribution in [2.75, 3.05) is 7.11 Å². The SMILES string of the molecule is COc1ccc(CO[C@@H]2C(I)=CC=C[C@@H]2O)cc1. The molecule has 0 aromatic heterocycles. The fraction of sp³-hybridized carbons (Fsp3) is 0.286. The van der Waals surface area contributed by atoms with E-state index < -0.39 is 6.10 Å². The lowest BCUT2D eigenvalue weighted by molar-refractivity contribution is -0.000220. The van der Waals surface area contributed by atoms with Crippen LogP contribution in [0.15, 0.2) is 46.1 Å². The van der Waals surface area contributed by atoms with Crippen molar-refractivity contribution in [1.29, 1.82) is 0 Å². The van der Waals surface area contributed by atoms with Crippen molar-refractivity contribution in [3.63, 3.8) is 0 Å². The maximum absolute atomic E-state index is 9.82. The van der Waals surface area contributed by atoms with Crippen LogP contribution in [0.2, 0.25) is 0 Å². The van der Waals surface area contributed by atoms with Gasteiger partial charge in [-0.2, -0.15) is 0 Å². The van der Waals surface area contributed by atoms with Crippen LogP contribution in [0, 0.1) is 0 Å². The third kappa shape index (κ3) is 3.34. The number of methoxy groups -OCH3 is 1. The zero-order valence-corrected chi connectivity index (χ0v) is 12.2. The van der Waals surface area contributed by atoms with Crippen LogP contribution < -0.4 is 4.74 Å². The van der Waals surface area contributed by atoms with E-state index in [9.17, 15) is 5.11 Å². The molecule has 1 N–H and O–H groups in total. The summed E-state index contributed by atoms with van der Waals surface area (Å²) >= 11 is 2.19. The second-order valence-electron chi connectivity index (χ2n) is 4.01. The Morgan fingerprint density at radius 1 is 1.28 bits per heavy atom. The Balaban J connectivity index is 1.94. The minimum absolute atomic E-state index is 0.266. The second kappa shape index (κ2) is 6.36. The minimum atomic E-state index is -0.569. The summed E-state index contributed by atoms with van der Waals surface area (Å²) in [6.45, 7) is 0.472. The predicted octanol–water partition coefficient (Wildman–Crippen LogP) is 2.83. The van der Waals surface area contributed by atoms with Crippen LogP contribution in [0.5, 0.6) is 5.75 Å². The molecule has 0 spiro atoms. The molecule has 0 radical (unpaired) electrons. The summed E-state index contributed by atoms with van der Waals surface area (Å²) in [4.78, 5) is 0. The lowest BCUT2D eigenvalue weighted by Gasteiger charge is -2.23. The smallest absolute Gasteiger partial charge is 0.118 e. The summed E-state index contributed by atoms with van der Waals surface area (Å²) in [7, 11) is 1.64. The van der Waals surface area contributed by atoms with E-state index in [1.165, 1.54) is 0 Å². The summed E-state index contributed by atoms with van der Waals surface area (Å²) in [5.74, 6) is 0.828. The normalized spacial score (nSPS) is 22.7. The highest BCUT2D eigenvalue weighted by molar-refractivity contribution is 14.1. The Morgan fingerprint density at radius 3 is 2.61 bits per heavy atom. The molecule has 4 heteroatoms. The van der Waals surface area contributed by atoms with Crippen molar-refractivity contribution < 1.29 is 14.6 Å². The molecule has 0 saturated heterocycles. The molecule has 0 heterocycles. The second-order valence-corrected chi connectivity index (χ2v) is 5.25. The Kier molecular flexibility index (Phi) is 4.79. The van der Waals surface area contributed by atoms with Gasteiger partial charge in [-0.05, 0) is 40.3 Å². The van der Waals surface area contributed by atoms with Crippen LogP contribution in [0.1, 0.15) is 5.56 Å². The highest BCUT2D eigenvalue weighted by Gasteiger charge is 2.22. The molecule has 0 amide bonds. The van der Waals surface area contributed by atoms with Gasteiger partial charge in [0.2, 0.25) is 0 Å². The number of allylic oxidation sites excluding steroid dienone is 2. The summed E-state index contributed by atoms with van der Waals surface area (Å²) in [6, 6.07) is 7.72. The van der Waals surface area contributed by atoms with E-state index in [-0.39, 0.29) is 6.10 Å². The molecule has 0 bridgehead atoms. The lowest BCUT2D eigenvalue weighted by Crippen LogP contribution is -2.29. The first-order chi connectivity index (χ1) is 8.70. The number of halogens is 1. The Bertz CT molecular complexity index is 451. The predicted molar refractivity (Wildman–Crippen MR) is 78.8 cm³/mol. The minimum Gasteiger partial charge on any atom is -0.497 e. The maximum Gasteiger partial charge on any atom is 0.118 e. The molecule has 0 saturated carbocycles. The van der Waals surface area contributed by atoms with Crippen molar-refractivity contribution in [3.8, 4) is 5.75 Å². The molecule has 1 aliphatic carbocycles. The van der Waals surface area contributed by atoms with Gasteiger partial charge >= 0.3 is 0 Å². The van der Waals surface area contributed by atoms with Crippen molar-refractivity contribution in [1.82, 2.24) is 0 Å². The number of hydrogen-bond donors (Lipinski definition) is 1. The van der Waals surface area contributed by atoms with Gasteiger partial charge in [0.05, 0.1) is 13.7 Å². The summed E-state index contributed by atoms with van der Waals surface area (Å²) in [6.07, 6.45) is 4.70. The first-order valence-electron chi connectivity index (χ1n) is 5.67. The fourth-order valence-electron chi connectivity index (χ4n) is 1.71. The largest absolute Gasteiger partial charge is 0.497 e. The van der Waals surface area contributed by atoms with Gasteiger partial charge in [-0.1, -0.05) is 30.4 Å². The van der Waals surface area contributed by atoms with Crippen LogP contribution in [-0.4, -0.2) is 24.4 Å². The molecular formula is C14H15IO3. The van der Waals surface area contributed by atoms with Crippen LogP contribution in [-0.2, 0) is 11.3 Å². The van der Waals surface area contributed by atoms with E-state index in [1.54, 1.807) is 13.2 Å². The van der Waals surface area contributed by atoms with Crippen molar-refractivity contribution >= 4 is 22.6 Å². The van der Waals surface area contributed by atoms with E-state index in [2.05, 4.69) is 22.6 Å². The van der Waals surface area contributed by atoms with Crippen molar-refractivity contribution in [3.05, 3.63) is 51.6 Å². The van der Waals surface area contributed by atoms with Crippen LogP contribution in [0.4, 0.5) is 0 Å². The molecule has 0 aliphatic heterocycles. The Hall–Kier alpha value is -0.850. The fourth-order valence-corrected chi connectivity index (χ4v) is 2.46. The molecule has 1 aromatic rings. The van der Waals surface area contributed by atoms with Gasteiger partial charge in [0.15, 0.2) is 0 Å². The Labute approximate surface area is 120 Å². The quantitative estimate of drug-likeness (QED) is 0.842.